The van der Waals surface area contributed by atoms with Crippen LogP contribution in [-0.4, -0.2) is 173 Å². The van der Waals surface area contributed by atoms with Crippen molar-refractivity contribution in [3.63, 3.8) is 0 Å². The Morgan fingerprint density at radius 1 is 0.667 bits per heavy atom. The van der Waals surface area contributed by atoms with E-state index in [1.54, 1.807) is 19.6 Å². The van der Waals surface area contributed by atoms with E-state index in [2.05, 4.69) is 10.6 Å². The van der Waals surface area contributed by atoms with Crippen LogP contribution in [0.5, 0.6) is 0 Å². The van der Waals surface area contributed by atoms with Crippen LogP contribution < -0.4 is 10.6 Å². The molecule has 1 unspecified atom stereocenters. The molecule has 0 aromatic heterocycles. The number of carboxylic acids is 3. The normalized spacial score (nSPS) is 17.4. The number of hydrogen-bond acceptors (Lipinski definition) is 11. The third kappa shape index (κ3) is 13.8. The summed E-state index contributed by atoms with van der Waals surface area (Å²) in [6.45, 7) is 0.849. The smallest absolute Gasteiger partial charge is 0.317 e. The number of aliphatic hydroxyl groups is 2. The Bertz CT molecular complexity index is 1020. The number of aliphatic carboxylic acids is 3. The van der Waals surface area contributed by atoms with Crippen molar-refractivity contribution in [2.24, 2.45) is 0 Å². The molecule has 1 aliphatic heterocycles. The second-order valence-electron chi connectivity index (χ2n) is 9.96. The van der Waals surface area contributed by atoms with Crippen molar-refractivity contribution in [2.75, 3.05) is 97.0 Å². The molecule has 1 saturated heterocycles. The SMILES string of the molecule is O=C(O)CN1CCN(CC(=O)O)CCN(CC(=O)Nc2ccc(C(=O)NCC(O)CO)cc2)CCN(CC(=O)O)CC1. The molecule has 1 aliphatic rings. The number of benzene rings is 1. The van der Waals surface area contributed by atoms with Crippen LogP contribution in [0.1, 0.15) is 10.4 Å². The van der Waals surface area contributed by atoms with Crippen LogP contribution in [0.25, 0.3) is 0 Å². The van der Waals surface area contributed by atoms with E-state index in [1.807, 2.05) is 0 Å². The Balaban J connectivity index is 2.06. The highest BCUT2D eigenvalue weighted by Crippen LogP contribution is 2.10. The zero-order chi connectivity index (χ0) is 31.1. The maximum absolute atomic E-state index is 12.9. The number of aliphatic hydroxyl groups excluding tert-OH is 2. The van der Waals surface area contributed by atoms with Crippen LogP contribution in [0.4, 0.5) is 5.69 Å². The lowest BCUT2D eigenvalue weighted by atomic mass is 10.2. The number of anilines is 1. The van der Waals surface area contributed by atoms with E-state index in [9.17, 15) is 44.4 Å². The predicted molar refractivity (Wildman–Crippen MR) is 149 cm³/mol. The molecule has 1 heterocycles. The summed E-state index contributed by atoms with van der Waals surface area (Å²) in [6.07, 6.45) is -1.07. The molecule has 0 aliphatic carbocycles. The molecule has 1 atom stereocenters. The molecule has 2 rings (SSSR count). The van der Waals surface area contributed by atoms with Gasteiger partial charge in [-0.15, -0.1) is 0 Å². The molecule has 42 heavy (non-hydrogen) atoms. The average molecular weight is 597 g/mol. The first kappa shape index (κ1) is 34.5. The third-order valence-corrected chi connectivity index (χ3v) is 6.51. The molecule has 16 heteroatoms. The first-order valence-corrected chi connectivity index (χ1v) is 13.5. The van der Waals surface area contributed by atoms with Gasteiger partial charge in [-0.2, -0.15) is 0 Å². The van der Waals surface area contributed by atoms with Crippen molar-refractivity contribution in [2.45, 2.75) is 6.10 Å². The van der Waals surface area contributed by atoms with Gasteiger partial charge in [-0.1, -0.05) is 0 Å². The van der Waals surface area contributed by atoms with Gasteiger partial charge in [0.05, 0.1) is 38.9 Å². The Labute approximate surface area is 243 Å². The Kier molecular flexibility index (Phi) is 14.8. The van der Waals surface area contributed by atoms with E-state index < -0.39 is 36.5 Å². The second-order valence-corrected chi connectivity index (χ2v) is 9.96. The summed E-state index contributed by atoms with van der Waals surface area (Å²) >= 11 is 0. The lowest BCUT2D eigenvalue weighted by Crippen LogP contribution is -2.49. The number of carbonyl (C=O) groups is 5. The average Bonchev–Trinajstić information content (AvgIpc) is 2.92. The number of hydrogen-bond donors (Lipinski definition) is 7. The van der Waals surface area contributed by atoms with Gasteiger partial charge in [0, 0.05) is 70.2 Å². The van der Waals surface area contributed by atoms with Gasteiger partial charge in [-0.3, -0.25) is 43.6 Å². The first-order valence-electron chi connectivity index (χ1n) is 13.5. The van der Waals surface area contributed by atoms with Crippen LogP contribution in [0.15, 0.2) is 24.3 Å². The summed E-state index contributed by atoms with van der Waals surface area (Å²) in [6, 6.07) is 6.07. The fraction of sp³-hybridized carbons (Fsp3) is 0.577. The van der Waals surface area contributed by atoms with Crippen molar-refractivity contribution in [3.8, 4) is 0 Å². The monoisotopic (exact) mass is 596 g/mol. The molecule has 0 saturated carbocycles. The highest BCUT2D eigenvalue weighted by atomic mass is 16.4. The number of nitrogens with one attached hydrogen (secondary N) is 2. The van der Waals surface area contributed by atoms with Gasteiger partial charge in [-0.25, -0.2) is 0 Å². The predicted octanol–water partition coefficient (Wildman–Crippen LogP) is -2.82. The van der Waals surface area contributed by atoms with Crippen LogP contribution in [0.3, 0.4) is 0 Å². The molecule has 7 N–H and O–H groups in total. The summed E-state index contributed by atoms with van der Waals surface area (Å²) in [4.78, 5) is 66.0. The Morgan fingerprint density at radius 2 is 1.05 bits per heavy atom. The van der Waals surface area contributed by atoms with E-state index >= 15 is 0 Å². The topological polar surface area (TPSA) is 224 Å². The highest BCUT2D eigenvalue weighted by molar-refractivity contribution is 5.96. The third-order valence-electron chi connectivity index (χ3n) is 6.51. The Morgan fingerprint density at radius 3 is 1.40 bits per heavy atom. The quantitative estimate of drug-likeness (QED) is 0.122. The van der Waals surface area contributed by atoms with E-state index in [1.165, 1.54) is 24.3 Å². The van der Waals surface area contributed by atoms with Crippen molar-refractivity contribution in [1.82, 2.24) is 24.9 Å². The van der Waals surface area contributed by atoms with Gasteiger partial charge in [0.25, 0.3) is 5.91 Å². The van der Waals surface area contributed by atoms with E-state index in [-0.39, 0.29) is 77.9 Å². The molecule has 1 fully saturated rings. The number of rotatable bonds is 13. The summed E-state index contributed by atoms with van der Waals surface area (Å²) in [5, 5.41) is 51.4. The number of carboxylic acid groups (broad SMARTS) is 3. The lowest BCUT2D eigenvalue weighted by molar-refractivity contribution is -0.140. The minimum absolute atomic E-state index is 0.0613. The molecule has 234 valence electrons. The lowest BCUT2D eigenvalue weighted by Gasteiger charge is -2.32. The van der Waals surface area contributed by atoms with Gasteiger partial charge in [0.2, 0.25) is 5.91 Å². The fourth-order valence-electron chi connectivity index (χ4n) is 4.27. The summed E-state index contributed by atoms with van der Waals surface area (Å²) < 4.78 is 0. The van der Waals surface area contributed by atoms with Crippen molar-refractivity contribution in [3.05, 3.63) is 29.8 Å². The summed E-state index contributed by atoms with van der Waals surface area (Å²) in [5.41, 5.74) is 0.722. The largest absolute Gasteiger partial charge is 0.480 e. The zero-order valence-electron chi connectivity index (χ0n) is 23.4. The maximum atomic E-state index is 12.9. The van der Waals surface area contributed by atoms with Crippen LogP contribution in [0.2, 0.25) is 0 Å². The summed E-state index contributed by atoms with van der Waals surface area (Å²) in [5.74, 6) is -3.93. The number of carbonyl (C=O) groups excluding carboxylic acids is 2. The van der Waals surface area contributed by atoms with E-state index in [4.69, 9.17) is 5.11 Å². The molecule has 1 aromatic carbocycles. The van der Waals surface area contributed by atoms with Gasteiger partial charge in [0.1, 0.15) is 0 Å². The second kappa shape index (κ2) is 18.0. The Hall–Kier alpha value is -3.67. The molecule has 16 nitrogen and oxygen atoms in total. The first-order chi connectivity index (χ1) is 19.9. The molecular formula is C26H40N6O10. The van der Waals surface area contributed by atoms with Crippen molar-refractivity contribution >= 4 is 35.4 Å². The number of amides is 2. The minimum atomic E-state index is -1.07. The van der Waals surface area contributed by atoms with Gasteiger partial charge >= 0.3 is 17.9 Å². The zero-order valence-corrected chi connectivity index (χ0v) is 23.4. The molecule has 2 amide bonds. The van der Waals surface area contributed by atoms with Gasteiger partial charge < -0.3 is 36.2 Å². The fourth-order valence-corrected chi connectivity index (χ4v) is 4.27. The molecule has 1 aromatic rings. The molecule has 0 spiro atoms. The van der Waals surface area contributed by atoms with Crippen LogP contribution in [-0.2, 0) is 19.2 Å². The minimum Gasteiger partial charge on any atom is -0.480 e. The standard InChI is InChI=1S/C26H40N6O10/c33-18-21(34)13-27-26(42)19-1-3-20(4-2-19)28-22(35)14-29-5-7-30(15-23(36)37)9-11-32(17-25(40)41)12-10-31(8-6-29)16-24(38)39/h1-4,21,33-34H,5-18H2,(H,27,42)(H,28,35)(H,36,37)(H,38,39)(H,40,41). The number of nitrogens with zero attached hydrogens (tertiary/aromatic N) is 4. The van der Waals surface area contributed by atoms with Crippen LogP contribution in [0, 0.1) is 0 Å². The molecular weight excluding hydrogens is 556 g/mol. The van der Waals surface area contributed by atoms with Gasteiger partial charge in [0.15, 0.2) is 0 Å². The van der Waals surface area contributed by atoms with Crippen LogP contribution >= 0.6 is 0 Å². The van der Waals surface area contributed by atoms with E-state index in [0.717, 1.165) is 0 Å². The van der Waals surface area contributed by atoms with Crippen molar-refractivity contribution < 1.29 is 49.5 Å². The summed E-state index contributed by atoms with van der Waals surface area (Å²) in [7, 11) is 0. The molecule has 0 bridgehead atoms. The van der Waals surface area contributed by atoms with E-state index in [0.29, 0.717) is 24.3 Å². The van der Waals surface area contributed by atoms with Crippen molar-refractivity contribution in [1.29, 1.82) is 0 Å². The van der Waals surface area contributed by atoms with Gasteiger partial charge in [-0.05, 0) is 24.3 Å². The maximum Gasteiger partial charge on any atom is 0.317 e. The highest BCUT2D eigenvalue weighted by Gasteiger charge is 2.21. The molecule has 0 radical (unpaired) electrons.